The van der Waals surface area contributed by atoms with Crippen LogP contribution in [0.4, 0.5) is 5.69 Å². The molecule has 136 valence electrons. The number of para-hydroxylation sites is 1. The molecule has 4 nitrogen and oxygen atoms in total. The van der Waals surface area contributed by atoms with Crippen LogP contribution in [0.2, 0.25) is 5.02 Å². The zero-order chi connectivity index (χ0) is 19.0. The van der Waals surface area contributed by atoms with Gasteiger partial charge in [-0.15, -0.1) is 0 Å². The lowest BCUT2D eigenvalue weighted by molar-refractivity contribution is 0.0980. The van der Waals surface area contributed by atoms with Crippen molar-refractivity contribution in [2.24, 2.45) is 0 Å². The molecule has 3 aromatic rings. The average Bonchev–Trinajstić information content (AvgIpc) is 2.98. The van der Waals surface area contributed by atoms with Gasteiger partial charge in [0.15, 0.2) is 0 Å². The van der Waals surface area contributed by atoms with E-state index in [4.69, 9.17) is 11.6 Å². The van der Waals surface area contributed by atoms with Crippen LogP contribution in [-0.4, -0.2) is 16.5 Å². The van der Waals surface area contributed by atoms with Crippen molar-refractivity contribution in [1.29, 1.82) is 0 Å². The third-order valence-corrected chi connectivity index (χ3v) is 5.13. The first-order chi connectivity index (χ1) is 13.0. The number of hydrogen-bond donors (Lipinski definition) is 0. The van der Waals surface area contributed by atoms with Crippen LogP contribution in [0.15, 0.2) is 71.7 Å². The highest BCUT2D eigenvalue weighted by molar-refractivity contribution is 6.30. The number of halogens is 1. The second-order valence-electron chi connectivity index (χ2n) is 6.87. The van der Waals surface area contributed by atoms with Crippen molar-refractivity contribution >= 4 is 23.2 Å². The van der Waals surface area contributed by atoms with Gasteiger partial charge in [-0.2, -0.15) is 0 Å². The normalized spacial score (nSPS) is 15.6. The fourth-order valence-corrected chi connectivity index (χ4v) is 3.84. The molecule has 0 unspecified atom stereocenters. The molecule has 0 saturated heterocycles. The molecule has 1 aliphatic heterocycles. The van der Waals surface area contributed by atoms with Gasteiger partial charge in [-0.05, 0) is 48.7 Å². The molecule has 0 saturated carbocycles. The lowest BCUT2D eigenvalue weighted by atomic mass is 10.1. The van der Waals surface area contributed by atoms with Gasteiger partial charge < -0.3 is 9.47 Å². The molecule has 0 bridgehead atoms. The molecule has 1 atom stereocenters. The van der Waals surface area contributed by atoms with E-state index >= 15 is 0 Å². The number of aromatic nitrogens is 1. The summed E-state index contributed by atoms with van der Waals surface area (Å²) in [5.74, 6) is -0.0905. The van der Waals surface area contributed by atoms with E-state index in [9.17, 15) is 9.59 Å². The summed E-state index contributed by atoms with van der Waals surface area (Å²) in [7, 11) is 0. The van der Waals surface area contributed by atoms with Crippen LogP contribution in [-0.2, 0) is 13.0 Å². The molecule has 0 fully saturated rings. The summed E-state index contributed by atoms with van der Waals surface area (Å²) in [5, 5.41) is 0.621. The van der Waals surface area contributed by atoms with Crippen LogP contribution in [0.1, 0.15) is 28.4 Å². The zero-order valence-corrected chi connectivity index (χ0v) is 15.7. The van der Waals surface area contributed by atoms with E-state index in [-0.39, 0.29) is 17.5 Å². The number of amides is 1. The van der Waals surface area contributed by atoms with E-state index in [1.807, 2.05) is 48.2 Å². The molecule has 27 heavy (non-hydrogen) atoms. The third-order valence-electron chi connectivity index (χ3n) is 4.90. The maximum absolute atomic E-state index is 13.2. The van der Waals surface area contributed by atoms with Gasteiger partial charge in [-0.25, -0.2) is 0 Å². The number of nitrogens with zero attached hydrogens (tertiary/aromatic N) is 2. The molecule has 1 amide bonds. The lowest BCUT2D eigenvalue weighted by Crippen LogP contribution is -2.36. The van der Waals surface area contributed by atoms with Crippen molar-refractivity contribution in [2.75, 3.05) is 4.90 Å². The van der Waals surface area contributed by atoms with Crippen LogP contribution in [0, 0.1) is 0 Å². The molecular weight excluding hydrogens is 360 g/mol. The minimum atomic E-state index is -0.151. The summed E-state index contributed by atoms with van der Waals surface area (Å²) in [6, 6.07) is 18.5. The molecule has 1 aromatic heterocycles. The highest BCUT2D eigenvalue weighted by atomic mass is 35.5. The molecule has 2 heterocycles. The minimum Gasteiger partial charge on any atom is -0.310 e. The Morgan fingerprint density at radius 2 is 1.93 bits per heavy atom. The van der Waals surface area contributed by atoms with Gasteiger partial charge in [0.1, 0.15) is 0 Å². The van der Waals surface area contributed by atoms with Crippen molar-refractivity contribution in [2.45, 2.75) is 25.9 Å². The number of fused-ring (bicyclic) bond motifs is 1. The Labute approximate surface area is 162 Å². The van der Waals surface area contributed by atoms with Gasteiger partial charge in [0.05, 0.1) is 12.1 Å². The first-order valence-corrected chi connectivity index (χ1v) is 9.27. The van der Waals surface area contributed by atoms with E-state index in [0.717, 1.165) is 17.7 Å². The number of pyridine rings is 1. The molecule has 0 N–H and O–H groups in total. The van der Waals surface area contributed by atoms with E-state index in [0.29, 0.717) is 17.1 Å². The standard InChI is InChI=1S/C22H19ClN2O2/c1-15-11-17-6-2-3-8-20(17)25(15)22(27)18-9-10-21(26)24(14-18)13-16-5-4-7-19(23)12-16/h2-10,12,14-15H,11,13H2,1H3/t15-/m1/s1. The number of anilines is 1. The van der Waals surface area contributed by atoms with E-state index in [1.165, 1.54) is 11.6 Å². The Kier molecular flexibility index (Phi) is 4.58. The summed E-state index contributed by atoms with van der Waals surface area (Å²) in [6.45, 7) is 2.41. The van der Waals surface area contributed by atoms with Gasteiger partial charge in [-0.3, -0.25) is 9.59 Å². The highest BCUT2D eigenvalue weighted by Crippen LogP contribution is 2.32. The number of rotatable bonds is 3. The van der Waals surface area contributed by atoms with Crippen LogP contribution >= 0.6 is 11.6 Å². The fourth-order valence-electron chi connectivity index (χ4n) is 3.63. The number of hydrogen-bond acceptors (Lipinski definition) is 2. The maximum atomic E-state index is 13.2. The predicted molar refractivity (Wildman–Crippen MR) is 108 cm³/mol. The molecule has 1 aliphatic rings. The highest BCUT2D eigenvalue weighted by Gasteiger charge is 2.31. The van der Waals surface area contributed by atoms with Gasteiger partial charge >= 0.3 is 0 Å². The Hall–Kier alpha value is -2.85. The van der Waals surface area contributed by atoms with Crippen molar-refractivity contribution in [3.05, 3.63) is 98.9 Å². The zero-order valence-electron chi connectivity index (χ0n) is 14.9. The molecule has 2 aromatic carbocycles. The van der Waals surface area contributed by atoms with Crippen molar-refractivity contribution in [3.8, 4) is 0 Å². The maximum Gasteiger partial charge on any atom is 0.260 e. The Morgan fingerprint density at radius 1 is 1.11 bits per heavy atom. The van der Waals surface area contributed by atoms with Gasteiger partial charge in [-0.1, -0.05) is 41.9 Å². The second kappa shape index (κ2) is 7.05. The first-order valence-electron chi connectivity index (χ1n) is 8.89. The Bertz CT molecular complexity index is 1070. The van der Waals surface area contributed by atoms with E-state index in [2.05, 4.69) is 6.07 Å². The Morgan fingerprint density at radius 3 is 2.74 bits per heavy atom. The minimum absolute atomic E-state index is 0.0863. The topological polar surface area (TPSA) is 42.3 Å². The van der Waals surface area contributed by atoms with Crippen LogP contribution < -0.4 is 10.5 Å². The quantitative estimate of drug-likeness (QED) is 0.687. The first kappa shape index (κ1) is 17.6. The summed E-state index contributed by atoms with van der Waals surface area (Å²) in [4.78, 5) is 27.3. The smallest absolute Gasteiger partial charge is 0.260 e. The summed E-state index contributed by atoms with van der Waals surface area (Å²) >= 11 is 6.03. The number of carbonyl (C=O) groups excluding carboxylic acids is 1. The van der Waals surface area contributed by atoms with Crippen molar-refractivity contribution in [3.63, 3.8) is 0 Å². The van der Waals surface area contributed by atoms with Gasteiger partial charge in [0, 0.05) is 29.0 Å². The molecule has 5 heteroatoms. The molecule has 0 spiro atoms. The molecular formula is C22H19ClN2O2. The SMILES string of the molecule is C[C@@H]1Cc2ccccc2N1C(=O)c1ccc(=O)n(Cc2cccc(Cl)c2)c1. The predicted octanol–water partition coefficient (Wildman–Crippen LogP) is 4.14. The number of benzene rings is 2. The summed E-state index contributed by atoms with van der Waals surface area (Å²) in [5.41, 5.74) is 3.38. The van der Waals surface area contributed by atoms with Crippen LogP contribution in [0.3, 0.4) is 0 Å². The second-order valence-corrected chi connectivity index (χ2v) is 7.31. The van der Waals surface area contributed by atoms with Crippen molar-refractivity contribution in [1.82, 2.24) is 4.57 Å². The number of carbonyl (C=O) groups is 1. The summed E-state index contributed by atoms with van der Waals surface area (Å²) in [6.07, 6.45) is 2.48. The van der Waals surface area contributed by atoms with Crippen LogP contribution in [0.25, 0.3) is 0 Å². The lowest BCUT2D eigenvalue weighted by Gasteiger charge is -2.23. The van der Waals surface area contributed by atoms with E-state index < -0.39 is 0 Å². The van der Waals surface area contributed by atoms with Crippen LogP contribution in [0.5, 0.6) is 0 Å². The molecule has 0 radical (unpaired) electrons. The van der Waals surface area contributed by atoms with Gasteiger partial charge in [0.2, 0.25) is 0 Å². The average molecular weight is 379 g/mol. The van der Waals surface area contributed by atoms with Crippen molar-refractivity contribution < 1.29 is 4.79 Å². The summed E-state index contributed by atoms with van der Waals surface area (Å²) < 4.78 is 1.55. The monoisotopic (exact) mass is 378 g/mol. The largest absolute Gasteiger partial charge is 0.310 e. The Balaban J connectivity index is 1.67. The van der Waals surface area contributed by atoms with E-state index in [1.54, 1.807) is 22.9 Å². The molecule has 0 aliphatic carbocycles. The fraction of sp³-hybridized carbons (Fsp3) is 0.182. The third kappa shape index (κ3) is 3.40. The van der Waals surface area contributed by atoms with Gasteiger partial charge in [0.25, 0.3) is 11.5 Å². The molecule has 4 rings (SSSR count).